The molecule has 2 N–H and O–H groups in total. The highest BCUT2D eigenvalue weighted by Crippen LogP contribution is 2.44. The second-order valence-electron chi connectivity index (χ2n) is 19.2. The maximum Gasteiger partial charge on any atom is 0.472 e. The van der Waals surface area contributed by atoms with Crippen LogP contribution in [0.1, 0.15) is 224 Å². The van der Waals surface area contributed by atoms with E-state index < -0.39 is 13.9 Å². The van der Waals surface area contributed by atoms with Gasteiger partial charge in [-0.1, -0.05) is 223 Å². The molecule has 0 spiro atoms. The van der Waals surface area contributed by atoms with Crippen LogP contribution < -0.4 is 5.32 Å². The van der Waals surface area contributed by atoms with Crippen LogP contribution >= 0.6 is 7.82 Å². The first kappa shape index (κ1) is 58.7. The molecule has 0 bridgehead atoms. The van der Waals surface area contributed by atoms with Crippen molar-refractivity contribution in [1.29, 1.82) is 0 Å². The normalized spacial score (nSPS) is 13.4. The summed E-state index contributed by atoms with van der Waals surface area (Å²) in [4.78, 5) is 22.4. The topological polar surface area (TPSA) is 103 Å². The Labute approximate surface area is 383 Å². The van der Waals surface area contributed by atoms with Crippen LogP contribution in [0, 0.1) is 0 Å². The summed E-state index contributed by atoms with van der Waals surface area (Å²) in [5.41, 5.74) is 1.04. The van der Waals surface area contributed by atoms with E-state index in [-0.39, 0.29) is 19.2 Å². The highest BCUT2D eigenvalue weighted by molar-refractivity contribution is 7.47. The Hall–Kier alpha value is -1.32. The Morgan fingerprint density at radius 2 is 1.05 bits per heavy atom. The minimum absolute atomic E-state index is 0.0867. The zero-order valence-electron chi connectivity index (χ0n) is 41.0. The molecular weight excluding hydrogens is 796 g/mol. The van der Waals surface area contributed by atoms with Gasteiger partial charge in [-0.3, -0.25) is 13.8 Å². The van der Waals surface area contributed by atoms with Gasteiger partial charge < -0.3 is 24.2 Å². The van der Waals surface area contributed by atoms with E-state index in [4.69, 9.17) is 18.5 Å². The Bertz CT molecular complexity index is 1150. The number of quaternary nitrogens is 1. The number of benzene rings is 1. The number of phosphoric ester groups is 1. The highest BCUT2D eigenvalue weighted by atomic mass is 31.2. The number of rotatable bonds is 48. The molecule has 0 radical (unpaired) electrons. The molecule has 0 amide bonds. The van der Waals surface area contributed by atoms with Gasteiger partial charge in [0.2, 0.25) is 0 Å². The Morgan fingerprint density at radius 3 is 1.52 bits per heavy atom. The maximum atomic E-state index is 12.8. The number of likely N-dealkylation sites (N-methyl/N-ethyl adjacent to an activating group) is 1. The van der Waals surface area contributed by atoms with Crippen LogP contribution in [0.5, 0.6) is 0 Å². The van der Waals surface area contributed by atoms with Crippen LogP contribution in [0.25, 0.3) is 0 Å². The first-order valence-electron chi connectivity index (χ1n) is 26.1. The lowest BCUT2D eigenvalue weighted by molar-refractivity contribution is -0.870. The molecule has 1 rings (SSSR count). The third-order valence-electron chi connectivity index (χ3n) is 11.8. The molecule has 10 heteroatoms. The summed E-state index contributed by atoms with van der Waals surface area (Å²) in [6, 6.07) is 9.86. The van der Waals surface area contributed by atoms with Gasteiger partial charge in [-0.15, -0.1) is 0 Å². The summed E-state index contributed by atoms with van der Waals surface area (Å²) in [6.45, 7) is 5.69. The van der Waals surface area contributed by atoms with E-state index in [1.165, 1.54) is 173 Å². The number of esters is 1. The van der Waals surface area contributed by atoms with Crippen molar-refractivity contribution in [2.24, 2.45) is 0 Å². The largest absolute Gasteiger partial charge is 0.472 e. The quantitative estimate of drug-likeness (QED) is 0.0289. The average Bonchev–Trinajstić information content (AvgIpc) is 3.24. The van der Waals surface area contributed by atoms with Crippen molar-refractivity contribution in [1.82, 2.24) is 5.32 Å². The number of phosphoric acid groups is 1. The summed E-state index contributed by atoms with van der Waals surface area (Å²) in [5.74, 6) is -0.0867. The van der Waals surface area contributed by atoms with E-state index >= 15 is 0 Å². The molecule has 0 saturated carbocycles. The molecule has 1 aromatic carbocycles. The fraction of sp³-hybridized carbons (Fsp3) is 0.865. The van der Waals surface area contributed by atoms with Gasteiger partial charge in [-0.05, 0) is 31.4 Å². The van der Waals surface area contributed by atoms with E-state index in [1.807, 2.05) is 51.5 Å². The first-order chi connectivity index (χ1) is 30.1. The lowest BCUT2D eigenvalue weighted by Crippen LogP contribution is -2.37. The van der Waals surface area contributed by atoms with Gasteiger partial charge in [0.15, 0.2) is 0 Å². The number of carbonyl (C=O) groups is 1. The lowest BCUT2D eigenvalue weighted by Gasteiger charge is -2.25. The molecule has 2 atom stereocenters. The van der Waals surface area contributed by atoms with Crippen molar-refractivity contribution in [3.63, 3.8) is 0 Å². The van der Waals surface area contributed by atoms with Crippen molar-refractivity contribution in [2.75, 3.05) is 60.6 Å². The molecule has 0 aromatic heterocycles. The third-order valence-corrected chi connectivity index (χ3v) is 12.9. The fourth-order valence-corrected chi connectivity index (χ4v) is 8.70. The third kappa shape index (κ3) is 42.6. The van der Waals surface area contributed by atoms with Gasteiger partial charge >= 0.3 is 13.8 Å². The molecule has 2 unspecified atom stereocenters. The summed E-state index contributed by atoms with van der Waals surface area (Å²) in [6.07, 6.45) is 41.5. The summed E-state index contributed by atoms with van der Waals surface area (Å²) in [7, 11) is 1.90. The van der Waals surface area contributed by atoms with Crippen molar-refractivity contribution in [3.8, 4) is 0 Å². The zero-order valence-corrected chi connectivity index (χ0v) is 41.9. The van der Waals surface area contributed by atoms with Crippen molar-refractivity contribution in [2.45, 2.75) is 232 Å². The number of ether oxygens (including phenoxy) is 2. The standard InChI is InChI=1S/C52H99N2O7P/c1-5-6-7-8-9-10-11-12-13-14-15-18-21-24-27-30-33-39-45-58-49-51(61-62(56,57)60-46-44-54(2,3)4)47-53-43-38-32-29-26-23-20-17-16-19-22-25-28-31-37-42-52(55)59-48-50-40-35-34-36-41-50/h34-36,40-41,51,53H,5-33,37-39,42-49H2,1-4H3/p+1. The highest BCUT2D eigenvalue weighted by Gasteiger charge is 2.27. The van der Waals surface area contributed by atoms with E-state index in [1.54, 1.807) is 0 Å². The second kappa shape index (κ2) is 42.3. The molecule has 0 fully saturated rings. The van der Waals surface area contributed by atoms with Crippen LogP contribution in [0.4, 0.5) is 0 Å². The minimum Gasteiger partial charge on any atom is -0.461 e. The van der Waals surface area contributed by atoms with E-state index in [9.17, 15) is 14.3 Å². The van der Waals surface area contributed by atoms with Crippen LogP contribution in [-0.2, 0) is 34.5 Å². The van der Waals surface area contributed by atoms with Crippen molar-refractivity contribution in [3.05, 3.63) is 35.9 Å². The molecular formula is C52H100N2O7P+. The molecule has 0 saturated heterocycles. The van der Waals surface area contributed by atoms with Gasteiger partial charge in [0.1, 0.15) is 25.9 Å². The number of nitrogens with one attached hydrogen (secondary N) is 1. The van der Waals surface area contributed by atoms with Gasteiger partial charge in [0.05, 0.1) is 27.7 Å². The average molecular weight is 896 g/mol. The first-order valence-corrected chi connectivity index (χ1v) is 27.5. The number of hydrogen-bond acceptors (Lipinski definition) is 7. The number of carbonyl (C=O) groups excluding carboxylic acids is 1. The van der Waals surface area contributed by atoms with Crippen molar-refractivity contribution >= 4 is 13.8 Å². The maximum absolute atomic E-state index is 12.8. The molecule has 1 aromatic rings. The van der Waals surface area contributed by atoms with Crippen LogP contribution in [0.2, 0.25) is 0 Å². The molecule has 0 aliphatic carbocycles. The van der Waals surface area contributed by atoms with Gasteiger partial charge in [0.25, 0.3) is 0 Å². The molecule has 9 nitrogen and oxygen atoms in total. The monoisotopic (exact) mass is 896 g/mol. The molecule has 0 heterocycles. The SMILES string of the molecule is CCCCCCCCCCCCCCCCCCCCOCC(CNCCCCCCCCCCCCCCCCC(=O)OCc1ccccc1)OP(=O)(O)OCC[N+](C)(C)C. The zero-order chi connectivity index (χ0) is 45.1. The number of unbranched alkanes of at least 4 members (excludes halogenated alkanes) is 30. The van der Waals surface area contributed by atoms with Gasteiger partial charge in [0, 0.05) is 19.6 Å². The van der Waals surface area contributed by atoms with Crippen LogP contribution in [-0.4, -0.2) is 82.0 Å². The summed E-state index contributed by atoms with van der Waals surface area (Å²) >= 11 is 0. The van der Waals surface area contributed by atoms with E-state index in [0.717, 1.165) is 44.2 Å². The van der Waals surface area contributed by atoms with Crippen LogP contribution in [0.15, 0.2) is 30.3 Å². The lowest BCUT2D eigenvalue weighted by atomic mass is 10.0. The van der Waals surface area contributed by atoms with Crippen molar-refractivity contribution < 1.29 is 37.3 Å². The smallest absolute Gasteiger partial charge is 0.461 e. The van der Waals surface area contributed by atoms with E-state index in [0.29, 0.717) is 37.2 Å². The van der Waals surface area contributed by atoms with Crippen LogP contribution in [0.3, 0.4) is 0 Å². The Kier molecular flexibility index (Phi) is 40.1. The number of hydrogen-bond donors (Lipinski definition) is 2. The molecule has 0 aliphatic heterocycles. The summed E-state index contributed by atoms with van der Waals surface area (Å²) in [5, 5.41) is 3.45. The number of nitrogens with zero attached hydrogens (tertiary/aromatic N) is 1. The molecule has 62 heavy (non-hydrogen) atoms. The second-order valence-corrected chi connectivity index (χ2v) is 20.6. The molecule has 0 aliphatic rings. The Morgan fingerprint density at radius 1 is 0.613 bits per heavy atom. The minimum atomic E-state index is -4.18. The van der Waals surface area contributed by atoms with E-state index in [2.05, 4.69) is 12.2 Å². The van der Waals surface area contributed by atoms with Gasteiger partial charge in [-0.25, -0.2) is 4.57 Å². The fourth-order valence-electron chi connectivity index (χ4n) is 7.81. The Balaban J connectivity index is 2.04. The molecule has 364 valence electrons. The predicted octanol–water partition coefficient (Wildman–Crippen LogP) is 14.4. The predicted molar refractivity (Wildman–Crippen MR) is 262 cm³/mol. The van der Waals surface area contributed by atoms with Gasteiger partial charge in [-0.2, -0.15) is 0 Å². The summed E-state index contributed by atoms with van der Waals surface area (Å²) < 4.78 is 35.7.